The van der Waals surface area contributed by atoms with E-state index in [1.54, 1.807) is 6.92 Å². The number of nitrogens with zero attached hydrogens (tertiary/aromatic N) is 2. The zero-order valence-corrected chi connectivity index (χ0v) is 13.2. The Bertz CT molecular complexity index is 506. The Morgan fingerprint density at radius 2 is 2.19 bits per heavy atom. The lowest BCUT2D eigenvalue weighted by molar-refractivity contribution is -0.150. The summed E-state index contributed by atoms with van der Waals surface area (Å²) in [7, 11) is 0. The Kier molecular flexibility index (Phi) is 4.37. The Balaban J connectivity index is 2.18. The first-order chi connectivity index (χ1) is 9.78. The third-order valence-electron chi connectivity index (χ3n) is 4.69. The highest BCUT2D eigenvalue weighted by Gasteiger charge is 2.40. The van der Waals surface area contributed by atoms with Crippen LogP contribution in [0.25, 0.3) is 0 Å². The first-order valence-electron chi connectivity index (χ1n) is 7.48. The van der Waals surface area contributed by atoms with E-state index in [1.165, 1.54) is 0 Å². The monoisotopic (exact) mass is 296 g/mol. The first kappa shape index (κ1) is 15.9. The van der Waals surface area contributed by atoms with Crippen molar-refractivity contribution in [2.75, 3.05) is 6.61 Å². The van der Waals surface area contributed by atoms with Gasteiger partial charge in [-0.05, 0) is 39.0 Å². The number of rotatable bonds is 5. The zero-order valence-electron chi connectivity index (χ0n) is 13.2. The fourth-order valence-corrected chi connectivity index (χ4v) is 2.49. The molecule has 0 radical (unpaired) electrons. The Morgan fingerprint density at radius 1 is 1.48 bits per heavy atom. The van der Waals surface area contributed by atoms with Crippen LogP contribution in [0.2, 0.25) is 0 Å². The topological polar surface area (TPSA) is 85.5 Å². The molecule has 1 aliphatic heterocycles. The van der Waals surface area contributed by atoms with Gasteiger partial charge in [-0.1, -0.05) is 19.0 Å². The summed E-state index contributed by atoms with van der Waals surface area (Å²) in [4.78, 5) is 15.9. The van der Waals surface area contributed by atoms with E-state index in [0.29, 0.717) is 18.3 Å². The molecular formula is C15H24N2O4. The minimum Gasteiger partial charge on any atom is -0.481 e. The molecule has 6 nitrogen and oxygen atoms in total. The minimum absolute atomic E-state index is 0.0353. The van der Waals surface area contributed by atoms with Crippen LogP contribution < -0.4 is 0 Å². The molecule has 1 N–H and O–H groups in total. The summed E-state index contributed by atoms with van der Waals surface area (Å²) in [5.41, 5.74) is -1.43. The van der Waals surface area contributed by atoms with Crippen LogP contribution in [0.4, 0.5) is 0 Å². The Hall–Kier alpha value is -1.43. The second-order valence-corrected chi connectivity index (χ2v) is 6.60. The van der Waals surface area contributed by atoms with Gasteiger partial charge in [-0.25, -0.2) is 0 Å². The van der Waals surface area contributed by atoms with Crippen molar-refractivity contribution < 1.29 is 19.2 Å². The van der Waals surface area contributed by atoms with Crippen molar-refractivity contribution in [1.29, 1.82) is 0 Å². The second kappa shape index (κ2) is 5.75. The lowest BCUT2D eigenvalue weighted by Gasteiger charge is -2.30. The van der Waals surface area contributed by atoms with Crippen LogP contribution in [0.1, 0.15) is 58.7 Å². The van der Waals surface area contributed by atoms with Crippen molar-refractivity contribution in [3.8, 4) is 0 Å². The van der Waals surface area contributed by atoms with Crippen molar-refractivity contribution in [3.05, 3.63) is 11.7 Å². The van der Waals surface area contributed by atoms with Gasteiger partial charge in [0.25, 0.3) is 0 Å². The predicted molar refractivity (Wildman–Crippen MR) is 75.7 cm³/mol. The molecule has 0 spiro atoms. The summed E-state index contributed by atoms with van der Waals surface area (Å²) in [6.07, 6.45) is 3.19. The van der Waals surface area contributed by atoms with E-state index in [-0.39, 0.29) is 12.3 Å². The van der Waals surface area contributed by atoms with Gasteiger partial charge < -0.3 is 14.4 Å². The summed E-state index contributed by atoms with van der Waals surface area (Å²) >= 11 is 0. The molecule has 1 saturated heterocycles. The van der Waals surface area contributed by atoms with Crippen molar-refractivity contribution in [1.82, 2.24) is 10.1 Å². The Labute approximate surface area is 124 Å². The van der Waals surface area contributed by atoms with Gasteiger partial charge >= 0.3 is 5.97 Å². The molecule has 0 amide bonds. The van der Waals surface area contributed by atoms with Gasteiger partial charge in [0.05, 0.1) is 5.41 Å². The highest BCUT2D eigenvalue weighted by Crippen LogP contribution is 2.35. The van der Waals surface area contributed by atoms with Crippen LogP contribution in [0.15, 0.2) is 4.52 Å². The first-order valence-corrected chi connectivity index (χ1v) is 7.48. The minimum atomic E-state index is -0.919. The summed E-state index contributed by atoms with van der Waals surface area (Å²) in [5.74, 6) is -0.00283. The molecular weight excluding hydrogens is 272 g/mol. The van der Waals surface area contributed by atoms with Crippen LogP contribution in [0.5, 0.6) is 0 Å². The zero-order chi connectivity index (χ0) is 15.7. The number of carboxylic acid groups (broad SMARTS) is 1. The summed E-state index contributed by atoms with van der Waals surface area (Å²) in [6, 6.07) is 0. The van der Waals surface area contributed by atoms with E-state index >= 15 is 0 Å². The molecule has 6 heteroatoms. The average Bonchev–Trinajstić information content (AvgIpc) is 2.88. The standard InChI is InChI=1S/C15H24N2O4/c1-10(2)14(3,13(18)19)9-11-16-12(17-21-11)15(4)7-5-6-8-20-15/h10H,5-9H2,1-4H3,(H,18,19). The molecule has 2 atom stereocenters. The number of hydrogen-bond donors (Lipinski definition) is 1. The maximum atomic E-state index is 11.5. The van der Waals surface area contributed by atoms with Gasteiger partial charge in [-0.2, -0.15) is 4.98 Å². The number of aliphatic carboxylic acids is 1. The van der Waals surface area contributed by atoms with Crippen molar-refractivity contribution >= 4 is 5.97 Å². The normalized spacial score (nSPS) is 25.8. The van der Waals surface area contributed by atoms with Crippen LogP contribution in [0.3, 0.4) is 0 Å². The number of ether oxygens (including phenoxy) is 1. The van der Waals surface area contributed by atoms with Crippen molar-refractivity contribution in [3.63, 3.8) is 0 Å². The summed E-state index contributed by atoms with van der Waals surface area (Å²) in [6.45, 7) is 8.13. The van der Waals surface area contributed by atoms with E-state index in [0.717, 1.165) is 19.3 Å². The van der Waals surface area contributed by atoms with E-state index in [2.05, 4.69) is 10.1 Å². The maximum absolute atomic E-state index is 11.5. The van der Waals surface area contributed by atoms with E-state index in [1.807, 2.05) is 20.8 Å². The number of carboxylic acids is 1. The SMILES string of the molecule is CC(C)C(C)(Cc1nc(C2(C)CCCCO2)no1)C(=O)O. The fourth-order valence-electron chi connectivity index (χ4n) is 2.49. The molecule has 118 valence electrons. The van der Waals surface area contributed by atoms with E-state index < -0.39 is 17.0 Å². The van der Waals surface area contributed by atoms with Gasteiger partial charge in [-0.15, -0.1) is 0 Å². The lowest BCUT2D eigenvalue weighted by Crippen LogP contribution is -2.35. The molecule has 0 aromatic carbocycles. The number of aromatic nitrogens is 2. The van der Waals surface area contributed by atoms with Crippen LogP contribution in [-0.4, -0.2) is 27.8 Å². The molecule has 0 saturated carbocycles. The summed E-state index contributed by atoms with van der Waals surface area (Å²) < 4.78 is 11.1. The lowest BCUT2D eigenvalue weighted by atomic mass is 9.76. The molecule has 2 rings (SSSR count). The highest BCUT2D eigenvalue weighted by molar-refractivity contribution is 5.74. The molecule has 1 fully saturated rings. The van der Waals surface area contributed by atoms with Gasteiger partial charge in [0, 0.05) is 13.0 Å². The van der Waals surface area contributed by atoms with Crippen LogP contribution >= 0.6 is 0 Å². The average molecular weight is 296 g/mol. The van der Waals surface area contributed by atoms with E-state index in [4.69, 9.17) is 9.26 Å². The molecule has 2 unspecified atom stereocenters. The van der Waals surface area contributed by atoms with Crippen molar-refractivity contribution in [2.45, 2.75) is 59.0 Å². The number of hydrogen-bond acceptors (Lipinski definition) is 5. The second-order valence-electron chi connectivity index (χ2n) is 6.60. The smallest absolute Gasteiger partial charge is 0.310 e. The predicted octanol–water partition coefficient (Wildman–Crippen LogP) is 2.77. The quantitative estimate of drug-likeness (QED) is 0.899. The largest absolute Gasteiger partial charge is 0.481 e. The third kappa shape index (κ3) is 3.10. The molecule has 2 heterocycles. The van der Waals surface area contributed by atoms with Crippen molar-refractivity contribution in [2.24, 2.45) is 11.3 Å². The molecule has 21 heavy (non-hydrogen) atoms. The van der Waals surface area contributed by atoms with E-state index in [9.17, 15) is 9.90 Å². The number of carbonyl (C=O) groups is 1. The molecule has 1 aliphatic rings. The molecule has 0 aliphatic carbocycles. The Morgan fingerprint density at radius 3 is 2.71 bits per heavy atom. The van der Waals surface area contributed by atoms with Crippen LogP contribution in [-0.2, 0) is 21.6 Å². The molecule has 1 aromatic rings. The fraction of sp³-hybridized carbons (Fsp3) is 0.800. The van der Waals surface area contributed by atoms with Gasteiger partial charge in [-0.3, -0.25) is 4.79 Å². The maximum Gasteiger partial charge on any atom is 0.310 e. The van der Waals surface area contributed by atoms with Crippen LogP contribution in [0, 0.1) is 11.3 Å². The summed E-state index contributed by atoms with van der Waals surface area (Å²) in [5, 5.41) is 13.5. The molecule has 1 aromatic heterocycles. The molecule has 0 bridgehead atoms. The van der Waals surface area contributed by atoms with Gasteiger partial charge in [0.1, 0.15) is 5.60 Å². The third-order valence-corrected chi connectivity index (χ3v) is 4.69. The van der Waals surface area contributed by atoms with Gasteiger partial charge in [0.2, 0.25) is 11.7 Å². The van der Waals surface area contributed by atoms with Gasteiger partial charge in [0.15, 0.2) is 0 Å². The highest BCUT2D eigenvalue weighted by atomic mass is 16.5.